The third kappa shape index (κ3) is 79.1. The Balaban J connectivity index is -0.0000000994. The van der Waals surface area contributed by atoms with E-state index in [9.17, 15) is 14.4 Å². The van der Waals surface area contributed by atoms with E-state index in [2.05, 4.69) is 0 Å². The van der Waals surface area contributed by atoms with E-state index in [-0.39, 0.29) is 0 Å². The first kappa shape index (κ1) is 28.5. The predicted octanol–water partition coefficient (Wildman–Crippen LogP) is 3.00. The molecule has 0 aliphatic carbocycles. The van der Waals surface area contributed by atoms with Gasteiger partial charge in [-0.1, -0.05) is 27.7 Å². The molecule has 0 aromatic heterocycles. The molecular weight excluding hydrogens is 292 g/mol. The van der Waals surface area contributed by atoms with E-state index in [0.29, 0.717) is 25.9 Å². The summed E-state index contributed by atoms with van der Waals surface area (Å²) >= 11 is 0. The number of hydrogen-bond donors (Lipinski definition) is 4. The fourth-order valence-corrected chi connectivity index (χ4v) is 0.642. The molecule has 0 heterocycles. The lowest BCUT2D eigenvalue weighted by molar-refractivity contribution is -0.138. The molecule has 134 valence electrons. The summed E-state index contributed by atoms with van der Waals surface area (Å²) in [5, 5.41) is 31.6. The van der Waals surface area contributed by atoms with Crippen molar-refractivity contribution in [3.05, 3.63) is 0 Å². The van der Waals surface area contributed by atoms with Crippen molar-refractivity contribution in [2.75, 3.05) is 6.61 Å². The van der Waals surface area contributed by atoms with Crippen molar-refractivity contribution in [1.29, 1.82) is 0 Å². The van der Waals surface area contributed by atoms with Gasteiger partial charge in [-0.25, -0.2) is 0 Å². The Hall–Kier alpha value is -1.63. The van der Waals surface area contributed by atoms with Gasteiger partial charge in [0.2, 0.25) is 0 Å². The standard InChI is InChI=1S/3C4H8O2.C3H8O/c3*1-2-3-4(5)6;1-2-3-4/h3*2-3H2,1H3,(H,5,6);4H,2-3H2,1H3. The number of carboxylic acid groups (broad SMARTS) is 3. The Morgan fingerprint density at radius 2 is 0.773 bits per heavy atom. The maximum atomic E-state index is 9.60. The second kappa shape index (κ2) is 27.7. The van der Waals surface area contributed by atoms with Gasteiger partial charge in [0.05, 0.1) is 0 Å². The molecule has 0 saturated carbocycles. The molecular formula is C15H32O7. The summed E-state index contributed by atoms with van der Waals surface area (Å²) in [6, 6.07) is 0. The van der Waals surface area contributed by atoms with Crippen molar-refractivity contribution in [2.24, 2.45) is 0 Å². The minimum Gasteiger partial charge on any atom is -0.481 e. The van der Waals surface area contributed by atoms with Crippen LogP contribution < -0.4 is 0 Å². The normalized spacial score (nSPS) is 8.05. The molecule has 0 atom stereocenters. The summed E-state index contributed by atoms with van der Waals surface area (Å²) in [7, 11) is 0. The van der Waals surface area contributed by atoms with Crippen LogP contribution in [0.4, 0.5) is 0 Å². The largest absolute Gasteiger partial charge is 0.481 e. The number of carbonyl (C=O) groups is 3. The minimum absolute atomic E-state index is 0.292. The summed E-state index contributed by atoms with van der Waals surface area (Å²) in [6.45, 7) is 7.77. The summed E-state index contributed by atoms with van der Waals surface area (Å²) in [6.07, 6.45) is 3.94. The monoisotopic (exact) mass is 324 g/mol. The lowest BCUT2D eigenvalue weighted by Gasteiger charge is -1.79. The Morgan fingerprint density at radius 1 is 0.591 bits per heavy atom. The molecule has 7 nitrogen and oxygen atoms in total. The molecule has 0 fully saturated rings. The highest BCUT2D eigenvalue weighted by Crippen LogP contribution is 1.83. The van der Waals surface area contributed by atoms with Crippen LogP contribution in [0.5, 0.6) is 0 Å². The molecule has 0 aliphatic rings. The number of aliphatic hydroxyl groups excluding tert-OH is 1. The van der Waals surface area contributed by atoms with Crippen LogP contribution in [0.25, 0.3) is 0 Å². The maximum absolute atomic E-state index is 9.60. The Labute approximate surface area is 133 Å². The van der Waals surface area contributed by atoms with Crippen LogP contribution in [0.15, 0.2) is 0 Å². The first-order valence-electron chi connectivity index (χ1n) is 7.49. The average Bonchev–Trinajstić information content (AvgIpc) is 2.40. The molecule has 4 N–H and O–H groups in total. The van der Waals surface area contributed by atoms with Gasteiger partial charge in [-0.15, -0.1) is 0 Å². The Kier molecular flexibility index (Phi) is 35.9. The van der Waals surface area contributed by atoms with E-state index in [1.54, 1.807) is 0 Å². The second-order valence-electron chi connectivity index (χ2n) is 4.15. The molecule has 0 bridgehead atoms. The first-order chi connectivity index (χ1) is 10.2. The highest BCUT2D eigenvalue weighted by atomic mass is 16.4. The van der Waals surface area contributed by atoms with Gasteiger partial charge in [0.15, 0.2) is 0 Å². The van der Waals surface area contributed by atoms with Crippen LogP contribution in [0.1, 0.15) is 72.6 Å². The number of aliphatic carboxylic acids is 3. The van der Waals surface area contributed by atoms with Crippen molar-refractivity contribution < 1.29 is 34.8 Å². The highest BCUT2D eigenvalue weighted by Gasteiger charge is 1.88. The highest BCUT2D eigenvalue weighted by molar-refractivity contribution is 5.67. The van der Waals surface area contributed by atoms with Gasteiger partial charge in [0.25, 0.3) is 0 Å². The fourth-order valence-electron chi connectivity index (χ4n) is 0.642. The molecule has 7 heteroatoms. The van der Waals surface area contributed by atoms with Gasteiger partial charge < -0.3 is 20.4 Å². The fraction of sp³-hybridized carbons (Fsp3) is 0.800. The van der Waals surface area contributed by atoms with Gasteiger partial charge >= 0.3 is 17.9 Å². The van der Waals surface area contributed by atoms with Crippen molar-refractivity contribution >= 4 is 17.9 Å². The zero-order chi connectivity index (χ0) is 18.4. The van der Waals surface area contributed by atoms with Crippen LogP contribution in [0.3, 0.4) is 0 Å². The Bertz CT molecular complexity index is 212. The van der Waals surface area contributed by atoms with Crippen LogP contribution in [-0.4, -0.2) is 44.9 Å². The van der Waals surface area contributed by atoms with Crippen molar-refractivity contribution in [1.82, 2.24) is 0 Å². The smallest absolute Gasteiger partial charge is 0.303 e. The summed E-state index contributed by atoms with van der Waals surface area (Å²) in [5.41, 5.74) is 0. The molecule has 0 aliphatic heterocycles. The van der Waals surface area contributed by atoms with E-state index in [0.717, 1.165) is 25.7 Å². The van der Waals surface area contributed by atoms with Gasteiger partial charge in [-0.3, -0.25) is 14.4 Å². The van der Waals surface area contributed by atoms with Crippen LogP contribution in [0.2, 0.25) is 0 Å². The van der Waals surface area contributed by atoms with Crippen molar-refractivity contribution in [3.8, 4) is 0 Å². The quantitative estimate of drug-likeness (QED) is 0.566. The molecule has 0 spiro atoms. The third-order valence-corrected chi connectivity index (χ3v) is 1.62. The van der Waals surface area contributed by atoms with Crippen molar-refractivity contribution in [2.45, 2.75) is 72.6 Å². The molecule has 0 radical (unpaired) electrons. The molecule has 22 heavy (non-hydrogen) atoms. The molecule has 0 unspecified atom stereocenters. The maximum Gasteiger partial charge on any atom is 0.303 e. The molecule has 0 aromatic rings. The number of carboxylic acids is 3. The zero-order valence-electron chi connectivity index (χ0n) is 14.2. The minimum atomic E-state index is -0.711. The Morgan fingerprint density at radius 3 is 0.773 bits per heavy atom. The number of rotatable bonds is 7. The van der Waals surface area contributed by atoms with E-state index in [1.165, 1.54) is 0 Å². The third-order valence-electron chi connectivity index (χ3n) is 1.62. The summed E-state index contributed by atoms with van der Waals surface area (Å²) in [4.78, 5) is 28.8. The SMILES string of the molecule is CCCC(=O)O.CCCC(=O)O.CCCC(=O)O.CCCO. The second-order valence-corrected chi connectivity index (χ2v) is 4.15. The van der Waals surface area contributed by atoms with Crippen LogP contribution in [-0.2, 0) is 14.4 Å². The number of aliphatic hydroxyl groups is 1. The van der Waals surface area contributed by atoms with Crippen molar-refractivity contribution in [3.63, 3.8) is 0 Å². The first-order valence-corrected chi connectivity index (χ1v) is 7.49. The van der Waals surface area contributed by atoms with Gasteiger partial charge in [0.1, 0.15) is 0 Å². The van der Waals surface area contributed by atoms with Gasteiger partial charge in [-0.05, 0) is 25.7 Å². The summed E-state index contributed by atoms with van der Waals surface area (Å²) in [5.74, 6) is -2.13. The van der Waals surface area contributed by atoms with Gasteiger partial charge in [-0.2, -0.15) is 0 Å². The number of hydrogen-bond acceptors (Lipinski definition) is 4. The summed E-state index contributed by atoms with van der Waals surface area (Å²) < 4.78 is 0. The van der Waals surface area contributed by atoms with E-state index < -0.39 is 17.9 Å². The van der Waals surface area contributed by atoms with Crippen LogP contribution >= 0.6 is 0 Å². The van der Waals surface area contributed by atoms with Crippen LogP contribution in [0, 0.1) is 0 Å². The average molecular weight is 324 g/mol. The topological polar surface area (TPSA) is 132 Å². The van der Waals surface area contributed by atoms with Gasteiger partial charge in [0, 0.05) is 25.9 Å². The predicted molar refractivity (Wildman–Crippen MR) is 85.0 cm³/mol. The molecule has 0 saturated heterocycles. The van der Waals surface area contributed by atoms with E-state index >= 15 is 0 Å². The molecule has 0 rings (SSSR count). The van der Waals surface area contributed by atoms with E-state index in [1.807, 2.05) is 27.7 Å². The zero-order valence-corrected chi connectivity index (χ0v) is 14.2. The van der Waals surface area contributed by atoms with E-state index in [4.69, 9.17) is 20.4 Å². The lowest BCUT2D eigenvalue weighted by atomic mass is 10.4. The molecule has 0 amide bonds. The lowest BCUT2D eigenvalue weighted by Crippen LogP contribution is -1.90. The molecule has 0 aromatic carbocycles.